The minimum atomic E-state index is -1.57. The fraction of sp³-hybridized carbons (Fsp3) is 0.417. The van der Waals surface area contributed by atoms with E-state index in [4.69, 9.17) is 5.73 Å². The molecule has 0 aromatic heterocycles. The molecule has 0 saturated heterocycles. The third-order valence-corrected chi connectivity index (χ3v) is 2.53. The van der Waals surface area contributed by atoms with Gasteiger partial charge in [-0.25, -0.2) is 13.2 Å². The average Bonchev–Trinajstić information content (AvgIpc) is 2.25. The fourth-order valence-electron chi connectivity index (χ4n) is 1.53. The number of nitrogens with one attached hydrogen (secondary N) is 1. The number of carbonyl (C=O) groups is 1. The number of hydrogen-bond donors (Lipinski definition) is 2. The number of nitrogens with two attached hydrogens (primary N) is 1. The van der Waals surface area contributed by atoms with Gasteiger partial charge in [0.15, 0.2) is 17.5 Å². The molecule has 7 heteroatoms. The quantitative estimate of drug-likeness (QED) is 0.839. The Labute approximate surface area is 115 Å². The smallest absolute Gasteiger partial charge is 0.244 e. The van der Waals surface area contributed by atoms with Crippen LogP contribution in [0.25, 0.3) is 0 Å². The summed E-state index contributed by atoms with van der Waals surface area (Å²) in [7, 11) is 0. The average molecular weight is 297 g/mol. The van der Waals surface area contributed by atoms with Crippen LogP contribution in [0.3, 0.4) is 0 Å². The number of benzene rings is 1. The highest BCUT2D eigenvalue weighted by Crippen LogP contribution is 2.19. The summed E-state index contributed by atoms with van der Waals surface area (Å²) in [6.07, 6.45) is 1.11. The molecular weight excluding hydrogens is 281 g/mol. The first-order chi connectivity index (χ1) is 8.27. The van der Waals surface area contributed by atoms with Gasteiger partial charge >= 0.3 is 0 Å². The van der Waals surface area contributed by atoms with Crippen molar-refractivity contribution < 1.29 is 18.0 Å². The number of rotatable bonds is 4. The zero-order valence-electron chi connectivity index (χ0n) is 10.6. The topological polar surface area (TPSA) is 55.1 Å². The van der Waals surface area contributed by atoms with E-state index >= 15 is 0 Å². The fourth-order valence-corrected chi connectivity index (χ4v) is 1.53. The second kappa shape index (κ2) is 6.77. The molecule has 3 N–H and O–H groups in total. The molecule has 1 atom stereocenters. The van der Waals surface area contributed by atoms with Crippen LogP contribution in [0.5, 0.6) is 0 Å². The van der Waals surface area contributed by atoms with Crippen LogP contribution in [0.1, 0.15) is 26.7 Å². The predicted octanol–water partition coefficient (Wildman–Crippen LogP) is 2.98. The van der Waals surface area contributed by atoms with Crippen LogP contribution in [0, 0.1) is 17.5 Å². The van der Waals surface area contributed by atoms with Crippen LogP contribution in [0.2, 0.25) is 0 Å². The highest BCUT2D eigenvalue weighted by atomic mass is 35.5. The van der Waals surface area contributed by atoms with Crippen LogP contribution in [-0.4, -0.2) is 11.4 Å². The Morgan fingerprint density at radius 1 is 1.32 bits per heavy atom. The van der Waals surface area contributed by atoms with E-state index < -0.39 is 28.9 Å². The maximum atomic E-state index is 12.9. The largest absolute Gasteiger partial charge is 0.324 e. The highest BCUT2D eigenvalue weighted by molar-refractivity contribution is 5.97. The van der Waals surface area contributed by atoms with Gasteiger partial charge in [-0.05, 0) is 13.3 Å². The molecule has 0 heterocycles. The summed E-state index contributed by atoms with van der Waals surface area (Å²) in [5.41, 5.74) is 4.45. The van der Waals surface area contributed by atoms with Gasteiger partial charge in [-0.15, -0.1) is 12.4 Å². The maximum Gasteiger partial charge on any atom is 0.244 e. The Balaban J connectivity index is 0.00000324. The first kappa shape index (κ1) is 17.7. The van der Waals surface area contributed by atoms with Gasteiger partial charge in [-0.1, -0.05) is 13.3 Å². The molecule has 0 radical (unpaired) electrons. The summed E-state index contributed by atoms with van der Waals surface area (Å²) in [6, 6.07) is 1.41. The molecule has 0 spiro atoms. The summed E-state index contributed by atoms with van der Waals surface area (Å²) >= 11 is 0. The molecule has 1 amide bonds. The van der Waals surface area contributed by atoms with E-state index in [1.807, 2.05) is 6.92 Å². The standard InChI is InChI=1S/C12H15F3N2O.ClH/c1-3-4-12(2,16)11(18)17-7-5-8(13)10(15)9(14)6-7;/h5-6H,3-4,16H2,1-2H3,(H,17,18);1H. The van der Waals surface area contributed by atoms with E-state index in [2.05, 4.69) is 5.32 Å². The monoisotopic (exact) mass is 296 g/mol. The minimum absolute atomic E-state index is 0. The van der Waals surface area contributed by atoms with Crippen LogP contribution in [-0.2, 0) is 4.79 Å². The lowest BCUT2D eigenvalue weighted by molar-refractivity contribution is -0.120. The molecule has 0 saturated carbocycles. The van der Waals surface area contributed by atoms with E-state index in [1.54, 1.807) is 0 Å². The molecule has 0 bridgehead atoms. The number of halogens is 4. The zero-order chi connectivity index (χ0) is 13.9. The van der Waals surface area contributed by atoms with E-state index in [-0.39, 0.29) is 18.1 Å². The van der Waals surface area contributed by atoms with Crippen molar-refractivity contribution in [1.82, 2.24) is 0 Å². The van der Waals surface area contributed by atoms with Gasteiger partial charge in [-0.2, -0.15) is 0 Å². The third-order valence-electron chi connectivity index (χ3n) is 2.53. The van der Waals surface area contributed by atoms with E-state index in [0.717, 1.165) is 0 Å². The van der Waals surface area contributed by atoms with Gasteiger partial charge in [0, 0.05) is 17.8 Å². The SMILES string of the molecule is CCCC(C)(N)C(=O)Nc1cc(F)c(F)c(F)c1.Cl. The Hall–Kier alpha value is -1.27. The molecule has 0 fully saturated rings. The Bertz CT molecular complexity index is 443. The van der Waals surface area contributed by atoms with Crippen molar-refractivity contribution in [1.29, 1.82) is 0 Å². The molecule has 1 aromatic carbocycles. The molecule has 1 aromatic rings. The molecule has 0 aliphatic heterocycles. The Morgan fingerprint density at radius 3 is 2.21 bits per heavy atom. The van der Waals surface area contributed by atoms with Crippen molar-refractivity contribution >= 4 is 24.0 Å². The number of anilines is 1. The summed E-state index contributed by atoms with van der Waals surface area (Å²) in [5, 5.41) is 2.27. The van der Waals surface area contributed by atoms with Gasteiger partial charge in [0.1, 0.15) is 0 Å². The second-order valence-electron chi connectivity index (χ2n) is 4.38. The highest BCUT2D eigenvalue weighted by Gasteiger charge is 2.27. The number of amides is 1. The number of carbonyl (C=O) groups excluding carboxylic acids is 1. The maximum absolute atomic E-state index is 12.9. The predicted molar refractivity (Wildman–Crippen MR) is 69.7 cm³/mol. The lowest BCUT2D eigenvalue weighted by Gasteiger charge is -2.22. The van der Waals surface area contributed by atoms with Crippen molar-refractivity contribution in [3.05, 3.63) is 29.6 Å². The minimum Gasteiger partial charge on any atom is -0.324 e. The van der Waals surface area contributed by atoms with Gasteiger partial charge < -0.3 is 11.1 Å². The third kappa shape index (κ3) is 4.40. The first-order valence-electron chi connectivity index (χ1n) is 5.53. The number of hydrogen-bond acceptors (Lipinski definition) is 2. The van der Waals surface area contributed by atoms with Crippen molar-refractivity contribution in [2.45, 2.75) is 32.2 Å². The first-order valence-corrected chi connectivity index (χ1v) is 5.53. The molecule has 19 heavy (non-hydrogen) atoms. The summed E-state index contributed by atoms with van der Waals surface area (Å²) in [5.74, 6) is -4.87. The van der Waals surface area contributed by atoms with Crippen LogP contribution >= 0.6 is 12.4 Å². The molecule has 108 valence electrons. The van der Waals surface area contributed by atoms with E-state index in [9.17, 15) is 18.0 Å². The molecule has 0 aliphatic rings. The van der Waals surface area contributed by atoms with Gasteiger partial charge in [0.25, 0.3) is 0 Å². The molecular formula is C12H16ClF3N2O. The van der Waals surface area contributed by atoms with E-state index in [0.29, 0.717) is 25.0 Å². The van der Waals surface area contributed by atoms with Crippen LogP contribution in [0.15, 0.2) is 12.1 Å². The van der Waals surface area contributed by atoms with Crippen molar-refractivity contribution in [3.63, 3.8) is 0 Å². The summed E-state index contributed by atoms with van der Waals surface area (Å²) < 4.78 is 38.6. The van der Waals surface area contributed by atoms with Gasteiger partial charge in [0.05, 0.1) is 5.54 Å². The molecule has 3 nitrogen and oxygen atoms in total. The lowest BCUT2D eigenvalue weighted by atomic mass is 9.96. The van der Waals surface area contributed by atoms with Gasteiger partial charge in [0.2, 0.25) is 5.91 Å². The van der Waals surface area contributed by atoms with Crippen LogP contribution in [0.4, 0.5) is 18.9 Å². The lowest BCUT2D eigenvalue weighted by Crippen LogP contribution is -2.48. The van der Waals surface area contributed by atoms with E-state index in [1.165, 1.54) is 6.92 Å². The zero-order valence-corrected chi connectivity index (χ0v) is 11.4. The molecule has 1 rings (SSSR count). The molecule has 1 unspecified atom stereocenters. The normalized spacial score (nSPS) is 13.4. The van der Waals surface area contributed by atoms with Crippen molar-refractivity contribution in [2.75, 3.05) is 5.32 Å². The van der Waals surface area contributed by atoms with Gasteiger partial charge in [-0.3, -0.25) is 4.79 Å². The second-order valence-corrected chi connectivity index (χ2v) is 4.38. The molecule has 0 aliphatic carbocycles. The van der Waals surface area contributed by atoms with Crippen molar-refractivity contribution in [2.24, 2.45) is 5.73 Å². The Kier molecular flexibility index (Phi) is 6.32. The summed E-state index contributed by atoms with van der Waals surface area (Å²) in [6.45, 7) is 3.37. The van der Waals surface area contributed by atoms with Crippen LogP contribution < -0.4 is 11.1 Å². The Morgan fingerprint density at radius 2 is 1.79 bits per heavy atom. The summed E-state index contributed by atoms with van der Waals surface area (Å²) in [4.78, 5) is 11.8. The van der Waals surface area contributed by atoms with Crippen molar-refractivity contribution in [3.8, 4) is 0 Å².